The summed E-state index contributed by atoms with van der Waals surface area (Å²) < 4.78 is 16.0. The number of anilines is 1. The highest BCUT2D eigenvalue weighted by atomic mass is 19.1. The lowest BCUT2D eigenvalue weighted by Crippen LogP contribution is -2.29. The number of halogens is 1. The molecular formula is C19H15FN6O2. The largest absolute Gasteiger partial charge is 0.309 e. The number of hydrogen-bond acceptors (Lipinski definition) is 5. The Morgan fingerprint density at radius 1 is 1.25 bits per heavy atom. The second kappa shape index (κ2) is 6.22. The van der Waals surface area contributed by atoms with Gasteiger partial charge in [-0.3, -0.25) is 14.2 Å². The molecule has 0 bridgehead atoms. The Morgan fingerprint density at radius 2 is 2.11 bits per heavy atom. The smallest absolute Gasteiger partial charge is 0.263 e. The van der Waals surface area contributed by atoms with Crippen molar-refractivity contribution in [3.8, 4) is 0 Å². The quantitative estimate of drug-likeness (QED) is 0.587. The molecule has 1 fully saturated rings. The van der Waals surface area contributed by atoms with Crippen molar-refractivity contribution in [1.82, 2.24) is 24.1 Å². The fourth-order valence-corrected chi connectivity index (χ4v) is 3.23. The van der Waals surface area contributed by atoms with Gasteiger partial charge in [0.1, 0.15) is 23.8 Å². The van der Waals surface area contributed by atoms with Crippen LogP contribution in [0.1, 0.15) is 24.5 Å². The van der Waals surface area contributed by atoms with E-state index in [0.29, 0.717) is 22.6 Å². The zero-order chi connectivity index (χ0) is 19.3. The Bertz CT molecular complexity index is 1270. The van der Waals surface area contributed by atoms with Gasteiger partial charge < -0.3 is 5.32 Å². The van der Waals surface area contributed by atoms with E-state index in [1.807, 2.05) is 6.07 Å². The number of rotatable bonds is 4. The Hall–Kier alpha value is -3.62. The lowest BCUT2D eigenvalue weighted by molar-refractivity contribution is -0.116. The van der Waals surface area contributed by atoms with Crippen LogP contribution in [0.2, 0.25) is 0 Å². The standard InChI is InChI=1S/C19H15FN6O2/c20-12-5-6-15(22-9-12)23-16(27)10-25-17-8-14(11-3-4-11)24-26(17)18-13(19(25)28)2-1-7-21-18/h1-2,5-9,11H,3-4,10H2,(H,22,23,27). The van der Waals surface area contributed by atoms with Crippen molar-refractivity contribution < 1.29 is 9.18 Å². The van der Waals surface area contributed by atoms with E-state index in [4.69, 9.17) is 0 Å². The second-order valence-electron chi connectivity index (χ2n) is 6.79. The lowest BCUT2D eigenvalue weighted by Gasteiger charge is -2.10. The van der Waals surface area contributed by atoms with Gasteiger partial charge in [-0.05, 0) is 37.1 Å². The summed E-state index contributed by atoms with van der Waals surface area (Å²) in [5.41, 5.74) is 1.55. The van der Waals surface area contributed by atoms with Crippen molar-refractivity contribution in [3.05, 3.63) is 64.6 Å². The summed E-state index contributed by atoms with van der Waals surface area (Å²) in [5, 5.41) is 7.57. The van der Waals surface area contributed by atoms with Crippen molar-refractivity contribution in [1.29, 1.82) is 0 Å². The first-order valence-corrected chi connectivity index (χ1v) is 8.89. The molecule has 0 saturated heterocycles. The van der Waals surface area contributed by atoms with Gasteiger partial charge in [-0.1, -0.05) is 0 Å². The van der Waals surface area contributed by atoms with Gasteiger partial charge in [-0.15, -0.1) is 0 Å². The van der Waals surface area contributed by atoms with Gasteiger partial charge in [0, 0.05) is 18.2 Å². The van der Waals surface area contributed by atoms with Crippen LogP contribution in [-0.4, -0.2) is 30.1 Å². The predicted octanol–water partition coefficient (Wildman–Crippen LogP) is 2.09. The Balaban J connectivity index is 1.58. The molecule has 4 aromatic rings. The molecule has 4 heterocycles. The Morgan fingerprint density at radius 3 is 2.86 bits per heavy atom. The maximum atomic E-state index is 13.0. The minimum Gasteiger partial charge on any atom is -0.309 e. The summed E-state index contributed by atoms with van der Waals surface area (Å²) in [7, 11) is 0. The highest BCUT2D eigenvalue weighted by Gasteiger charge is 2.28. The number of nitrogens with zero attached hydrogens (tertiary/aromatic N) is 5. The fourth-order valence-electron chi connectivity index (χ4n) is 3.23. The van der Waals surface area contributed by atoms with Crippen molar-refractivity contribution in [2.75, 3.05) is 5.32 Å². The number of amides is 1. The van der Waals surface area contributed by atoms with Gasteiger partial charge in [0.25, 0.3) is 5.56 Å². The fraction of sp³-hybridized carbons (Fsp3) is 0.211. The molecule has 0 radical (unpaired) electrons. The summed E-state index contributed by atoms with van der Waals surface area (Å²) in [6.07, 6.45) is 4.75. The molecule has 1 aliphatic rings. The average molecular weight is 378 g/mol. The van der Waals surface area contributed by atoms with Gasteiger partial charge in [0.2, 0.25) is 5.91 Å². The molecule has 0 aliphatic heterocycles. The number of fused-ring (bicyclic) bond motifs is 3. The highest BCUT2D eigenvalue weighted by molar-refractivity contribution is 5.90. The van der Waals surface area contributed by atoms with Crippen LogP contribution in [0.15, 0.2) is 47.5 Å². The third-order valence-corrected chi connectivity index (χ3v) is 4.74. The van der Waals surface area contributed by atoms with Crippen LogP contribution < -0.4 is 10.9 Å². The predicted molar refractivity (Wildman–Crippen MR) is 99.6 cm³/mol. The SMILES string of the molecule is O=C(Cn1c(=O)c2cccnc2n2nc(C3CC3)cc12)Nc1ccc(F)cn1. The molecule has 28 heavy (non-hydrogen) atoms. The van der Waals surface area contributed by atoms with Crippen LogP contribution in [0.3, 0.4) is 0 Å². The van der Waals surface area contributed by atoms with Crippen LogP contribution in [-0.2, 0) is 11.3 Å². The van der Waals surface area contributed by atoms with Gasteiger partial charge in [0.15, 0.2) is 5.65 Å². The van der Waals surface area contributed by atoms with E-state index >= 15 is 0 Å². The van der Waals surface area contributed by atoms with Gasteiger partial charge in [0.05, 0.1) is 17.3 Å². The zero-order valence-corrected chi connectivity index (χ0v) is 14.7. The molecule has 0 spiro atoms. The van der Waals surface area contributed by atoms with Crippen LogP contribution >= 0.6 is 0 Å². The summed E-state index contributed by atoms with van der Waals surface area (Å²) in [4.78, 5) is 33.6. The number of carbonyl (C=O) groups is 1. The van der Waals surface area contributed by atoms with Crippen molar-refractivity contribution in [3.63, 3.8) is 0 Å². The van der Waals surface area contributed by atoms with Crippen LogP contribution in [0, 0.1) is 5.82 Å². The summed E-state index contributed by atoms with van der Waals surface area (Å²) in [6.45, 7) is -0.220. The molecule has 1 N–H and O–H groups in total. The van der Waals surface area contributed by atoms with Crippen molar-refractivity contribution in [2.24, 2.45) is 0 Å². The number of hydrogen-bond donors (Lipinski definition) is 1. The summed E-state index contributed by atoms with van der Waals surface area (Å²) in [5.74, 6) is -0.338. The van der Waals surface area contributed by atoms with Crippen LogP contribution in [0.5, 0.6) is 0 Å². The molecule has 4 aromatic heterocycles. The highest BCUT2D eigenvalue weighted by Crippen LogP contribution is 2.39. The molecule has 5 rings (SSSR count). The van der Waals surface area contributed by atoms with Crippen molar-refractivity contribution in [2.45, 2.75) is 25.3 Å². The molecule has 0 atom stereocenters. The normalized spacial score (nSPS) is 13.9. The van der Waals surface area contributed by atoms with Gasteiger partial charge in [-0.25, -0.2) is 14.4 Å². The first kappa shape index (κ1) is 16.5. The van der Waals surface area contributed by atoms with Crippen molar-refractivity contribution >= 4 is 28.4 Å². The first-order valence-electron chi connectivity index (χ1n) is 8.89. The summed E-state index contributed by atoms with van der Waals surface area (Å²) in [6, 6.07) is 7.75. The second-order valence-corrected chi connectivity index (χ2v) is 6.79. The molecule has 140 valence electrons. The van der Waals surface area contributed by atoms with E-state index in [-0.39, 0.29) is 17.9 Å². The van der Waals surface area contributed by atoms with E-state index < -0.39 is 11.7 Å². The van der Waals surface area contributed by atoms with Crippen LogP contribution in [0.4, 0.5) is 10.2 Å². The van der Waals surface area contributed by atoms with Crippen LogP contribution in [0.25, 0.3) is 16.7 Å². The third kappa shape index (κ3) is 2.81. The average Bonchev–Trinajstić information content (AvgIpc) is 3.45. The van der Waals surface area contributed by atoms with Gasteiger partial charge in [-0.2, -0.15) is 9.61 Å². The Kier molecular flexibility index (Phi) is 3.68. The number of carbonyl (C=O) groups excluding carboxylic acids is 1. The van der Waals surface area contributed by atoms with E-state index in [2.05, 4.69) is 20.4 Å². The minimum absolute atomic E-state index is 0.213. The number of aromatic nitrogens is 5. The van der Waals surface area contributed by atoms with E-state index in [1.54, 1.807) is 22.8 Å². The summed E-state index contributed by atoms with van der Waals surface area (Å²) >= 11 is 0. The molecule has 1 saturated carbocycles. The van der Waals surface area contributed by atoms with E-state index in [1.165, 1.54) is 16.7 Å². The number of nitrogens with one attached hydrogen (secondary N) is 1. The molecule has 0 aromatic carbocycles. The molecule has 1 amide bonds. The monoisotopic (exact) mass is 378 g/mol. The topological polar surface area (TPSA) is 94.2 Å². The maximum Gasteiger partial charge on any atom is 0.263 e. The molecule has 1 aliphatic carbocycles. The first-order chi connectivity index (χ1) is 13.6. The minimum atomic E-state index is -0.496. The lowest BCUT2D eigenvalue weighted by atomic mass is 10.3. The molecule has 8 nitrogen and oxygen atoms in total. The third-order valence-electron chi connectivity index (χ3n) is 4.74. The van der Waals surface area contributed by atoms with E-state index in [0.717, 1.165) is 24.7 Å². The molecule has 9 heteroatoms. The maximum absolute atomic E-state index is 13.0. The zero-order valence-electron chi connectivity index (χ0n) is 14.7. The van der Waals surface area contributed by atoms with E-state index in [9.17, 15) is 14.0 Å². The Labute approximate surface area is 157 Å². The number of pyridine rings is 2. The molecular weight excluding hydrogens is 363 g/mol. The van der Waals surface area contributed by atoms with Gasteiger partial charge >= 0.3 is 0 Å². The molecule has 0 unspecified atom stereocenters.